The van der Waals surface area contributed by atoms with Crippen LogP contribution in [-0.2, 0) is 0 Å². The van der Waals surface area contributed by atoms with Crippen LogP contribution in [0.5, 0.6) is 5.75 Å². The lowest BCUT2D eigenvalue weighted by atomic mass is 10.1. The summed E-state index contributed by atoms with van der Waals surface area (Å²) in [4.78, 5) is 2.35. The molecule has 3 heteroatoms. The second-order valence-electron chi connectivity index (χ2n) is 5.77. The highest BCUT2D eigenvalue weighted by atomic mass is 16.5. The number of nitrogens with zero attached hydrogens (tertiary/aromatic N) is 1. The van der Waals surface area contributed by atoms with E-state index in [0.717, 1.165) is 18.2 Å². The number of hydrogen-bond acceptors (Lipinski definition) is 3. The fourth-order valence-corrected chi connectivity index (χ4v) is 2.56. The fourth-order valence-electron chi connectivity index (χ4n) is 2.56. The molecule has 1 aromatic rings. The van der Waals surface area contributed by atoms with Gasteiger partial charge in [0.15, 0.2) is 0 Å². The summed E-state index contributed by atoms with van der Waals surface area (Å²) < 4.78 is 5.19. The van der Waals surface area contributed by atoms with E-state index >= 15 is 0 Å². The Balaban J connectivity index is 1.87. The third-order valence-electron chi connectivity index (χ3n) is 4.08. The van der Waals surface area contributed by atoms with E-state index in [9.17, 15) is 0 Å². The van der Waals surface area contributed by atoms with Gasteiger partial charge < -0.3 is 15.0 Å². The molecular formula is C16H26N2O. The normalized spacial score (nSPS) is 18.4. The second kappa shape index (κ2) is 6.40. The maximum atomic E-state index is 5.19. The van der Waals surface area contributed by atoms with Crippen molar-refractivity contribution in [1.82, 2.24) is 10.2 Å². The Morgan fingerprint density at radius 1 is 1.26 bits per heavy atom. The first kappa shape index (κ1) is 14.4. The molecule has 2 atom stereocenters. The SMILES string of the molecule is COc1ccc([C@@H](C)NC[C@@H](C2CC2)N(C)C)cc1. The van der Waals surface area contributed by atoms with E-state index in [1.54, 1.807) is 7.11 Å². The minimum Gasteiger partial charge on any atom is -0.497 e. The molecular weight excluding hydrogens is 236 g/mol. The zero-order valence-electron chi connectivity index (χ0n) is 12.5. The van der Waals surface area contributed by atoms with Gasteiger partial charge in [0.2, 0.25) is 0 Å². The lowest BCUT2D eigenvalue weighted by molar-refractivity contribution is 0.250. The Morgan fingerprint density at radius 2 is 1.89 bits per heavy atom. The van der Waals surface area contributed by atoms with Gasteiger partial charge in [0, 0.05) is 18.6 Å². The molecule has 3 nitrogen and oxygen atoms in total. The summed E-state index contributed by atoms with van der Waals surface area (Å²) in [5, 5.41) is 3.66. The van der Waals surface area contributed by atoms with Crippen molar-refractivity contribution in [3.63, 3.8) is 0 Å². The van der Waals surface area contributed by atoms with E-state index in [2.05, 4.69) is 43.4 Å². The molecule has 1 aliphatic rings. The quantitative estimate of drug-likeness (QED) is 0.817. The molecule has 1 N–H and O–H groups in total. The number of rotatable bonds is 7. The molecule has 0 aliphatic heterocycles. The number of nitrogens with one attached hydrogen (secondary N) is 1. The Bertz CT molecular complexity index is 382. The van der Waals surface area contributed by atoms with Gasteiger partial charge >= 0.3 is 0 Å². The number of likely N-dealkylation sites (N-methyl/N-ethyl adjacent to an activating group) is 1. The van der Waals surface area contributed by atoms with Crippen molar-refractivity contribution in [3.05, 3.63) is 29.8 Å². The van der Waals surface area contributed by atoms with Gasteiger partial charge in [-0.05, 0) is 57.5 Å². The van der Waals surface area contributed by atoms with Crippen molar-refractivity contribution >= 4 is 0 Å². The molecule has 1 saturated carbocycles. The molecule has 0 unspecified atom stereocenters. The number of benzene rings is 1. The summed E-state index contributed by atoms with van der Waals surface area (Å²) >= 11 is 0. The average Bonchev–Trinajstić information content (AvgIpc) is 3.23. The van der Waals surface area contributed by atoms with Gasteiger partial charge in [0.1, 0.15) is 5.75 Å². The van der Waals surface area contributed by atoms with Crippen LogP contribution in [0.4, 0.5) is 0 Å². The zero-order valence-corrected chi connectivity index (χ0v) is 12.5. The molecule has 1 fully saturated rings. The number of methoxy groups -OCH3 is 1. The lowest BCUT2D eigenvalue weighted by Crippen LogP contribution is -2.40. The highest BCUT2D eigenvalue weighted by molar-refractivity contribution is 5.28. The molecule has 2 rings (SSSR count). The maximum Gasteiger partial charge on any atom is 0.118 e. The topological polar surface area (TPSA) is 24.5 Å². The maximum absolute atomic E-state index is 5.19. The van der Waals surface area contributed by atoms with E-state index in [4.69, 9.17) is 4.74 Å². The Hall–Kier alpha value is -1.06. The molecule has 0 heterocycles. The molecule has 0 spiro atoms. The average molecular weight is 262 g/mol. The summed E-state index contributed by atoms with van der Waals surface area (Å²) in [6, 6.07) is 9.37. The smallest absolute Gasteiger partial charge is 0.118 e. The highest BCUT2D eigenvalue weighted by Crippen LogP contribution is 2.34. The van der Waals surface area contributed by atoms with Crippen LogP contribution in [-0.4, -0.2) is 38.7 Å². The van der Waals surface area contributed by atoms with E-state index in [0.29, 0.717) is 12.1 Å². The van der Waals surface area contributed by atoms with Gasteiger partial charge in [-0.15, -0.1) is 0 Å². The van der Waals surface area contributed by atoms with Crippen LogP contribution in [0.1, 0.15) is 31.4 Å². The fraction of sp³-hybridized carbons (Fsp3) is 0.625. The predicted octanol–water partition coefficient (Wildman–Crippen LogP) is 2.69. The third-order valence-corrected chi connectivity index (χ3v) is 4.08. The molecule has 1 aliphatic carbocycles. The van der Waals surface area contributed by atoms with Gasteiger partial charge in [-0.2, -0.15) is 0 Å². The van der Waals surface area contributed by atoms with Crippen molar-refractivity contribution in [3.8, 4) is 5.75 Å². The molecule has 19 heavy (non-hydrogen) atoms. The summed E-state index contributed by atoms with van der Waals surface area (Å²) in [5.41, 5.74) is 1.31. The van der Waals surface area contributed by atoms with Crippen LogP contribution >= 0.6 is 0 Å². The van der Waals surface area contributed by atoms with Crippen molar-refractivity contribution in [2.45, 2.75) is 31.8 Å². The van der Waals surface area contributed by atoms with Crippen molar-refractivity contribution in [1.29, 1.82) is 0 Å². The van der Waals surface area contributed by atoms with Crippen molar-refractivity contribution in [2.24, 2.45) is 5.92 Å². The molecule has 0 amide bonds. The molecule has 0 saturated heterocycles. The summed E-state index contributed by atoms with van der Waals surface area (Å²) in [5.74, 6) is 1.81. The number of hydrogen-bond donors (Lipinski definition) is 1. The molecule has 1 aromatic carbocycles. The van der Waals surface area contributed by atoms with Gasteiger partial charge in [-0.1, -0.05) is 12.1 Å². The first-order valence-corrected chi connectivity index (χ1v) is 7.15. The standard InChI is InChI=1S/C16H26N2O/c1-12(13-7-9-15(19-4)10-8-13)17-11-16(18(2)3)14-5-6-14/h7-10,12,14,16-17H,5-6,11H2,1-4H3/t12-,16+/m1/s1. The zero-order chi connectivity index (χ0) is 13.8. The van der Waals surface area contributed by atoms with Gasteiger partial charge in [-0.25, -0.2) is 0 Å². The monoisotopic (exact) mass is 262 g/mol. The van der Waals surface area contributed by atoms with Crippen LogP contribution in [0, 0.1) is 5.92 Å². The minimum atomic E-state index is 0.382. The van der Waals surface area contributed by atoms with Crippen molar-refractivity contribution in [2.75, 3.05) is 27.7 Å². The first-order valence-electron chi connectivity index (χ1n) is 7.15. The number of ether oxygens (including phenoxy) is 1. The van der Waals surface area contributed by atoms with Crippen LogP contribution in [0.15, 0.2) is 24.3 Å². The van der Waals surface area contributed by atoms with Crippen LogP contribution in [0.25, 0.3) is 0 Å². The molecule has 106 valence electrons. The van der Waals surface area contributed by atoms with Crippen LogP contribution in [0.3, 0.4) is 0 Å². The summed E-state index contributed by atoms with van der Waals surface area (Å²) in [7, 11) is 6.07. The Kier molecular flexibility index (Phi) is 4.83. The third kappa shape index (κ3) is 3.95. The minimum absolute atomic E-state index is 0.382. The summed E-state index contributed by atoms with van der Waals surface area (Å²) in [6.45, 7) is 3.28. The van der Waals surface area contributed by atoms with E-state index in [1.165, 1.54) is 18.4 Å². The molecule has 0 radical (unpaired) electrons. The highest BCUT2D eigenvalue weighted by Gasteiger charge is 2.32. The second-order valence-corrected chi connectivity index (χ2v) is 5.77. The van der Waals surface area contributed by atoms with E-state index in [-0.39, 0.29) is 0 Å². The van der Waals surface area contributed by atoms with E-state index in [1.807, 2.05) is 12.1 Å². The Morgan fingerprint density at radius 3 is 2.37 bits per heavy atom. The molecule has 0 bridgehead atoms. The summed E-state index contributed by atoms with van der Waals surface area (Å²) in [6.07, 6.45) is 2.78. The molecule has 0 aromatic heterocycles. The predicted molar refractivity (Wildman–Crippen MR) is 79.6 cm³/mol. The van der Waals surface area contributed by atoms with Crippen LogP contribution < -0.4 is 10.1 Å². The van der Waals surface area contributed by atoms with Crippen LogP contribution in [0.2, 0.25) is 0 Å². The van der Waals surface area contributed by atoms with Gasteiger partial charge in [0.25, 0.3) is 0 Å². The van der Waals surface area contributed by atoms with Crippen molar-refractivity contribution < 1.29 is 4.74 Å². The lowest BCUT2D eigenvalue weighted by Gasteiger charge is -2.26. The Labute approximate surface area is 116 Å². The van der Waals surface area contributed by atoms with Gasteiger partial charge in [0.05, 0.1) is 7.11 Å². The largest absolute Gasteiger partial charge is 0.497 e. The van der Waals surface area contributed by atoms with E-state index < -0.39 is 0 Å². The first-order chi connectivity index (χ1) is 9.11. The van der Waals surface area contributed by atoms with Gasteiger partial charge in [-0.3, -0.25) is 0 Å².